The van der Waals surface area contributed by atoms with Gasteiger partial charge in [-0.1, -0.05) is 97.4 Å². The summed E-state index contributed by atoms with van der Waals surface area (Å²) in [5.41, 5.74) is 6.69. The van der Waals surface area contributed by atoms with Crippen molar-refractivity contribution < 1.29 is 29.3 Å². The number of aliphatic hydroxyl groups excluding tert-OH is 2. The Morgan fingerprint density at radius 2 is 1.56 bits per heavy atom. The lowest BCUT2D eigenvalue weighted by molar-refractivity contribution is -0.253. The summed E-state index contributed by atoms with van der Waals surface area (Å²) in [6, 6.07) is 33.8. The Morgan fingerprint density at radius 3 is 2.29 bits per heavy atom. The molecule has 2 amide bonds. The van der Waals surface area contributed by atoms with Gasteiger partial charge in [0.25, 0.3) is 0 Å². The lowest BCUT2D eigenvalue weighted by Gasteiger charge is -2.39. The van der Waals surface area contributed by atoms with E-state index in [2.05, 4.69) is 39.8 Å². The van der Waals surface area contributed by atoms with Crippen LogP contribution in [0.3, 0.4) is 0 Å². The van der Waals surface area contributed by atoms with Crippen molar-refractivity contribution in [2.45, 2.75) is 89.7 Å². The number of hydrogen-bond donors (Lipinski definition) is 4. The number of aliphatic hydroxyl groups is 2. The number of likely N-dealkylation sites (N-methyl/N-ethyl adjacent to an activating group) is 1. The van der Waals surface area contributed by atoms with E-state index in [1.54, 1.807) is 0 Å². The molecule has 1 heterocycles. The summed E-state index contributed by atoms with van der Waals surface area (Å²) in [5.74, 6) is -0.0138. The van der Waals surface area contributed by atoms with Crippen LogP contribution in [0.1, 0.15) is 92.3 Å². The largest absolute Gasteiger partial charge is 0.392 e. The Bertz CT molecular complexity index is 1720. The first-order valence-electron chi connectivity index (χ1n) is 18.3. The third-order valence-electron chi connectivity index (χ3n) is 9.76. The smallest absolute Gasteiger partial charge is 0.220 e. The fourth-order valence-electron chi connectivity index (χ4n) is 6.56. The molecule has 4 aromatic carbocycles. The predicted molar refractivity (Wildman–Crippen MR) is 203 cm³/mol. The maximum absolute atomic E-state index is 12.5. The molecule has 0 spiro atoms. The molecule has 0 aromatic heterocycles. The van der Waals surface area contributed by atoms with Crippen LogP contribution in [-0.4, -0.2) is 59.2 Å². The first kappa shape index (κ1) is 38.8. The minimum Gasteiger partial charge on any atom is -0.392 e. The topological polar surface area (TPSA) is 120 Å². The second-order valence-corrected chi connectivity index (χ2v) is 13.8. The van der Waals surface area contributed by atoms with Gasteiger partial charge >= 0.3 is 0 Å². The maximum atomic E-state index is 12.5. The third kappa shape index (κ3) is 11.3. The first-order chi connectivity index (χ1) is 25.2. The molecule has 1 aliphatic heterocycles. The molecule has 52 heavy (non-hydrogen) atoms. The van der Waals surface area contributed by atoms with Gasteiger partial charge in [-0.25, -0.2) is 0 Å². The van der Waals surface area contributed by atoms with Crippen molar-refractivity contribution in [3.8, 4) is 11.1 Å². The summed E-state index contributed by atoms with van der Waals surface area (Å²) in [7, 11) is 2.02. The Labute approximate surface area is 308 Å². The van der Waals surface area contributed by atoms with E-state index >= 15 is 0 Å². The molecule has 4 N–H and O–H groups in total. The molecule has 0 bridgehead atoms. The van der Waals surface area contributed by atoms with Crippen LogP contribution in [-0.2, 0) is 32.2 Å². The van der Waals surface area contributed by atoms with E-state index in [1.165, 1.54) is 6.92 Å². The minimum atomic E-state index is -0.642. The number of rotatable bonds is 17. The van der Waals surface area contributed by atoms with Crippen molar-refractivity contribution in [1.82, 2.24) is 15.5 Å². The highest BCUT2D eigenvalue weighted by Gasteiger charge is 2.34. The van der Waals surface area contributed by atoms with Crippen molar-refractivity contribution >= 4 is 11.8 Å². The van der Waals surface area contributed by atoms with Gasteiger partial charge in [-0.05, 0) is 72.3 Å². The molecule has 9 heteroatoms. The van der Waals surface area contributed by atoms with Crippen LogP contribution < -0.4 is 10.6 Å². The zero-order valence-corrected chi connectivity index (χ0v) is 30.5. The molecule has 0 saturated carbocycles. The molecular formula is C43H53N3O6. The van der Waals surface area contributed by atoms with E-state index in [1.807, 2.05) is 92.8 Å². The Morgan fingerprint density at radius 1 is 0.827 bits per heavy atom. The first-order valence-corrected chi connectivity index (χ1v) is 18.3. The van der Waals surface area contributed by atoms with Crippen LogP contribution in [0.4, 0.5) is 0 Å². The van der Waals surface area contributed by atoms with Crippen LogP contribution in [0, 0.1) is 0 Å². The Hall–Kier alpha value is -4.38. The number of nitrogens with one attached hydrogen (secondary N) is 2. The average molecular weight is 708 g/mol. The zero-order chi connectivity index (χ0) is 36.9. The van der Waals surface area contributed by atoms with Crippen molar-refractivity contribution in [2.75, 3.05) is 20.1 Å². The van der Waals surface area contributed by atoms with Crippen molar-refractivity contribution in [1.29, 1.82) is 0 Å². The number of amides is 2. The molecule has 1 fully saturated rings. The molecule has 0 aliphatic carbocycles. The van der Waals surface area contributed by atoms with Crippen molar-refractivity contribution in [3.05, 3.63) is 131 Å². The Balaban J connectivity index is 1.26. The van der Waals surface area contributed by atoms with E-state index in [9.17, 15) is 19.8 Å². The predicted octanol–water partition coefficient (Wildman–Crippen LogP) is 6.76. The standard InChI is InChI=1S/C43H53N3O6/c1-30(42(50)35-13-6-4-7-14-35)46(3)28-39-26-40(34-21-19-32(29-47)20-22-34)52-43(51-39)38-17-11-16-37(25-38)36-15-10-12-33(24-36)27-45-41(49)18-8-5-9-23-44-31(2)48/h4,6-7,10-17,19-22,24-25,30,39-40,42-43,47,50H,5,8-9,18,23,26-29H2,1-3H3,(H,44,48)(H,45,49)/t30-,39+,40-,42-,43-/m1/s1. The van der Waals surface area contributed by atoms with Crippen LogP contribution >= 0.6 is 0 Å². The zero-order valence-electron chi connectivity index (χ0n) is 30.5. The van der Waals surface area contributed by atoms with E-state index in [4.69, 9.17) is 9.47 Å². The lowest BCUT2D eigenvalue weighted by atomic mass is 9.97. The summed E-state index contributed by atoms with van der Waals surface area (Å²) < 4.78 is 13.3. The number of unbranched alkanes of at least 4 members (excludes halogenated alkanes) is 2. The highest BCUT2D eigenvalue weighted by atomic mass is 16.7. The Kier molecular flexibility index (Phi) is 14.5. The lowest BCUT2D eigenvalue weighted by Crippen LogP contribution is -2.43. The molecular weight excluding hydrogens is 654 g/mol. The van der Waals surface area contributed by atoms with E-state index < -0.39 is 12.4 Å². The van der Waals surface area contributed by atoms with E-state index in [-0.39, 0.29) is 36.7 Å². The fraction of sp³-hybridized carbons (Fsp3) is 0.395. The third-order valence-corrected chi connectivity index (χ3v) is 9.76. The van der Waals surface area contributed by atoms with Gasteiger partial charge in [0.1, 0.15) is 0 Å². The number of ether oxygens (including phenoxy) is 2. The highest BCUT2D eigenvalue weighted by Crippen LogP contribution is 2.39. The molecule has 1 saturated heterocycles. The van der Waals surface area contributed by atoms with Gasteiger partial charge in [0.05, 0.1) is 24.9 Å². The molecule has 0 unspecified atom stereocenters. The monoisotopic (exact) mass is 707 g/mol. The molecule has 0 radical (unpaired) electrons. The summed E-state index contributed by atoms with van der Waals surface area (Å²) >= 11 is 0. The van der Waals surface area contributed by atoms with Crippen LogP contribution in [0.5, 0.6) is 0 Å². The maximum Gasteiger partial charge on any atom is 0.220 e. The number of carbonyl (C=O) groups excluding carboxylic acids is 2. The van der Waals surface area contributed by atoms with Crippen LogP contribution in [0.2, 0.25) is 0 Å². The van der Waals surface area contributed by atoms with Crippen molar-refractivity contribution in [3.63, 3.8) is 0 Å². The van der Waals surface area contributed by atoms with Crippen LogP contribution in [0.15, 0.2) is 103 Å². The van der Waals surface area contributed by atoms with Crippen LogP contribution in [0.25, 0.3) is 11.1 Å². The molecule has 5 rings (SSSR count). The molecule has 1 aliphatic rings. The SMILES string of the molecule is CC(=O)NCCCCCC(=O)NCc1cccc(-c2cccc([C@@H]3O[C@H](CN(C)[C@H](C)[C@@H](O)c4ccccc4)C[C@H](c4ccc(CO)cc4)O3)c2)c1. The van der Waals surface area contributed by atoms with Crippen molar-refractivity contribution in [2.24, 2.45) is 0 Å². The second kappa shape index (κ2) is 19.5. The van der Waals surface area contributed by atoms with E-state index in [0.717, 1.165) is 58.2 Å². The normalized spacial score (nSPS) is 18.5. The molecule has 5 atom stereocenters. The summed E-state index contributed by atoms with van der Waals surface area (Å²) in [5, 5.41) is 26.6. The van der Waals surface area contributed by atoms with Gasteiger partial charge in [-0.3, -0.25) is 14.5 Å². The average Bonchev–Trinajstić information content (AvgIpc) is 3.18. The second-order valence-electron chi connectivity index (χ2n) is 13.8. The highest BCUT2D eigenvalue weighted by molar-refractivity contribution is 5.76. The summed E-state index contributed by atoms with van der Waals surface area (Å²) in [6.07, 6.45) is 1.96. The van der Waals surface area contributed by atoms with Gasteiger partial charge in [-0.15, -0.1) is 0 Å². The van der Waals surface area contributed by atoms with E-state index in [0.29, 0.717) is 32.5 Å². The molecule has 9 nitrogen and oxygen atoms in total. The number of nitrogens with zero attached hydrogens (tertiary/aromatic N) is 1. The number of carbonyl (C=O) groups is 2. The number of hydrogen-bond acceptors (Lipinski definition) is 7. The van der Waals surface area contributed by atoms with Gasteiger partial charge in [0.15, 0.2) is 6.29 Å². The summed E-state index contributed by atoms with van der Waals surface area (Å²) in [6.45, 7) is 5.20. The van der Waals surface area contributed by atoms with Gasteiger partial charge in [0, 0.05) is 51.0 Å². The van der Waals surface area contributed by atoms with Gasteiger partial charge in [-0.2, -0.15) is 0 Å². The minimum absolute atomic E-state index is 0.0169. The number of benzene rings is 4. The van der Waals surface area contributed by atoms with Gasteiger partial charge in [0.2, 0.25) is 11.8 Å². The van der Waals surface area contributed by atoms with Gasteiger partial charge < -0.3 is 30.3 Å². The fourth-order valence-corrected chi connectivity index (χ4v) is 6.56. The molecule has 276 valence electrons. The quantitative estimate of drug-likeness (QED) is 0.0896. The molecule has 4 aromatic rings. The summed E-state index contributed by atoms with van der Waals surface area (Å²) in [4.78, 5) is 25.6.